The van der Waals surface area contributed by atoms with E-state index in [0.717, 1.165) is 43.1 Å². The largest absolute Gasteiger partial charge is 0.343 e. The Morgan fingerprint density at radius 3 is 2.57 bits per heavy atom. The van der Waals surface area contributed by atoms with Gasteiger partial charge in [0.2, 0.25) is 11.1 Å². The molecule has 2 aromatic rings. The van der Waals surface area contributed by atoms with Crippen LogP contribution in [0.4, 0.5) is 11.1 Å². The molecule has 0 aromatic carbocycles. The second-order valence-electron chi connectivity index (χ2n) is 5.80. The number of rotatable bonds is 3. The molecule has 0 spiro atoms. The molecule has 1 saturated carbocycles. The van der Waals surface area contributed by atoms with Crippen molar-refractivity contribution in [3.8, 4) is 0 Å². The maximum atomic E-state index is 4.80. The van der Waals surface area contributed by atoms with Crippen LogP contribution in [0.25, 0.3) is 0 Å². The number of piperazine rings is 1. The van der Waals surface area contributed by atoms with Gasteiger partial charge in [-0.05, 0) is 12.8 Å². The highest BCUT2D eigenvalue weighted by atomic mass is 32.1. The van der Waals surface area contributed by atoms with Crippen molar-refractivity contribution in [2.24, 2.45) is 0 Å². The molecule has 2 fully saturated rings. The summed E-state index contributed by atoms with van der Waals surface area (Å²) in [7, 11) is 0. The number of imidazole rings is 1. The molecule has 2 aromatic heterocycles. The lowest BCUT2D eigenvalue weighted by atomic mass is 10.1. The van der Waals surface area contributed by atoms with Gasteiger partial charge in [0.1, 0.15) is 5.82 Å². The van der Waals surface area contributed by atoms with Crippen LogP contribution < -0.4 is 9.80 Å². The van der Waals surface area contributed by atoms with Gasteiger partial charge in [0.15, 0.2) is 0 Å². The molecular formula is C14H20N6S. The van der Waals surface area contributed by atoms with Gasteiger partial charge < -0.3 is 14.8 Å². The van der Waals surface area contributed by atoms with E-state index in [1.807, 2.05) is 6.20 Å². The lowest BCUT2D eigenvalue weighted by Gasteiger charge is -2.34. The summed E-state index contributed by atoms with van der Waals surface area (Å²) in [6, 6.07) is 0. The van der Waals surface area contributed by atoms with E-state index < -0.39 is 0 Å². The van der Waals surface area contributed by atoms with Crippen LogP contribution >= 0.6 is 11.5 Å². The number of anilines is 2. The Kier molecular flexibility index (Phi) is 3.50. The van der Waals surface area contributed by atoms with Gasteiger partial charge in [0.25, 0.3) is 0 Å². The highest BCUT2D eigenvalue weighted by Crippen LogP contribution is 2.34. The molecule has 1 N–H and O–H groups in total. The van der Waals surface area contributed by atoms with Gasteiger partial charge in [0, 0.05) is 56.0 Å². The zero-order valence-electron chi connectivity index (χ0n) is 12.0. The molecule has 2 aliphatic rings. The first-order chi connectivity index (χ1) is 10.4. The summed E-state index contributed by atoms with van der Waals surface area (Å²) in [6.45, 7) is 3.93. The topological polar surface area (TPSA) is 60.9 Å². The third-order valence-corrected chi connectivity index (χ3v) is 5.28. The van der Waals surface area contributed by atoms with Gasteiger partial charge in [-0.2, -0.15) is 4.37 Å². The Morgan fingerprint density at radius 1 is 1.10 bits per heavy atom. The first-order valence-electron chi connectivity index (χ1n) is 7.73. The van der Waals surface area contributed by atoms with Crippen LogP contribution in [0.2, 0.25) is 0 Å². The first-order valence-corrected chi connectivity index (χ1v) is 8.50. The van der Waals surface area contributed by atoms with Gasteiger partial charge in [-0.15, -0.1) is 0 Å². The number of nitrogens with one attached hydrogen (secondary N) is 1. The quantitative estimate of drug-likeness (QED) is 0.942. The minimum atomic E-state index is 0.611. The molecule has 1 aliphatic carbocycles. The number of nitrogens with zero attached hydrogens (tertiary/aromatic N) is 5. The SMILES string of the molecule is c1c[nH]c(N2CCN(c3nc(C4CCCC4)ns3)CC2)n1. The van der Waals surface area contributed by atoms with Crippen LogP contribution in [0.15, 0.2) is 12.4 Å². The van der Waals surface area contributed by atoms with E-state index in [4.69, 9.17) is 4.98 Å². The molecule has 7 heteroatoms. The molecule has 0 unspecified atom stereocenters. The summed E-state index contributed by atoms with van der Waals surface area (Å²) < 4.78 is 4.60. The Bertz CT molecular complexity index is 566. The fraction of sp³-hybridized carbons (Fsp3) is 0.643. The Balaban J connectivity index is 1.39. The average molecular weight is 304 g/mol. The fourth-order valence-corrected chi connectivity index (χ4v) is 4.04. The van der Waals surface area contributed by atoms with Crippen molar-refractivity contribution in [1.29, 1.82) is 0 Å². The monoisotopic (exact) mass is 304 g/mol. The predicted molar refractivity (Wildman–Crippen MR) is 84.1 cm³/mol. The first kappa shape index (κ1) is 13.1. The molecule has 21 heavy (non-hydrogen) atoms. The van der Waals surface area contributed by atoms with E-state index in [0.29, 0.717) is 5.92 Å². The molecule has 0 atom stereocenters. The van der Waals surface area contributed by atoms with Gasteiger partial charge in [-0.3, -0.25) is 0 Å². The number of aromatic amines is 1. The molecule has 6 nitrogen and oxygen atoms in total. The van der Waals surface area contributed by atoms with E-state index in [2.05, 4.69) is 24.1 Å². The molecule has 0 radical (unpaired) electrons. The summed E-state index contributed by atoms with van der Waals surface area (Å²) in [6.07, 6.45) is 8.88. The van der Waals surface area contributed by atoms with E-state index in [1.54, 1.807) is 17.7 Å². The van der Waals surface area contributed by atoms with Gasteiger partial charge in [0.05, 0.1) is 0 Å². The van der Waals surface area contributed by atoms with Crippen molar-refractivity contribution < 1.29 is 0 Å². The van der Waals surface area contributed by atoms with Crippen LogP contribution in [0.3, 0.4) is 0 Å². The van der Waals surface area contributed by atoms with Crippen LogP contribution in [-0.4, -0.2) is 45.5 Å². The summed E-state index contributed by atoms with van der Waals surface area (Å²) in [5, 5.41) is 1.09. The lowest BCUT2D eigenvalue weighted by Crippen LogP contribution is -2.46. The minimum absolute atomic E-state index is 0.611. The number of hydrogen-bond donors (Lipinski definition) is 1. The molecule has 0 amide bonds. The minimum Gasteiger partial charge on any atom is -0.343 e. The third-order valence-electron chi connectivity index (χ3n) is 4.48. The molecular weight excluding hydrogens is 284 g/mol. The van der Waals surface area contributed by atoms with Crippen molar-refractivity contribution >= 4 is 22.6 Å². The van der Waals surface area contributed by atoms with E-state index in [-0.39, 0.29) is 0 Å². The smallest absolute Gasteiger partial charge is 0.205 e. The van der Waals surface area contributed by atoms with Gasteiger partial charge in [-0.25, -0.2) is 9.97 Å². The van der Waals surface area contributed by atoms with Gasteiger partial charge in [-0.1, -0.05) is 12.8 Å². The van der Waals surface area contributed by atoms with E-state index >= 15 is 0 Å². The molecule has 3 heterocycles. The molecule has 0 bridgehead atoms. The summed E-state index contributed by atoms with van der Waals surface area (Å²) in [4.78, 5) is 16.9. The standard InChI is InChI=1S/C14H20N6S/c1-2-4-11(3-1)12-17-14(21-18-12)20-9-7-19(8-10-20)13-15-5-6-16-13/h5-6,11H,1-4,7-10H2,(H,15,16). The highest BCUT2D eigenvalue weighted by Gasteiger charge is 2.25. The Morgan fingerprint density at radius 2 is 1.86 bits per heavy atom. The maximum Gasteiger partial charge on any atom is 0.205 e. The van der Waals surface area contributed by atoms with E-state index in [1.165, 1.54) is 25.7 Å². The highest BCUT2D eigenvalue weighted by molar-refractivity contribution is 7.09. The molecule has 1 saturated heterocycles. The summed E-state index contributed by atoms with van der Waals surface area (Å²) in [5.74, 6) is 2.67. The maximum absolute atomic E-state index is 4.80. The molecule has 4 rings (SSSR count). The Labute approximate surface area is 128 Å². The number of aromatic nitrogens is 4. The normalized spacial score (nSPS) is 20.4. The fourth-order valence-electron chi connectivity index (χ4n) is 3.24. The number of H-pyrrole nitrogens is 1. The van der Waals surface area contributed by atoms with Crippen molar-refractivity contribution in [3.05, 3.63) is 18.2 Å². The van der Waals surface area contributed by atoms with Crippen LogP contribution in [0.1, 0.15) is 37.4 Å². The van der Waals surface area contributed by atoms with Crippen LogP contribution in [0, 0.1) is 0 Å². The van der Waals surface area contributed by atoms with Crippen LogP contribution in [-0.2, 0) is 0 Å². The van der Waals surface area contributed by atoms with E-state index in [9.17, 15) is 0 Å². The lowest BCUT2D eigenvalue weighted by molar-refractivity contribution is 0.635. The number of hydrogen-bond acceptors (Lipinski definition) is 6. The zero-order chi connectivity index (χ0) is 14.1. The van der Waals surface area contributed by atoms with Crippen molar-refractivity contribution in [2.45, 2.75) is 31.6 Å². The second kappa shape index (κ2) is 5.63. The molecule has 112 valence electrons. The predicted octanol–water partition coefficient (Wildman–Crippen LogP) is 2.25. The summed E-state index contributed by atoms with van der Waals surface area (Å²) in [5.41, 5.74) is 0. The zero-order valence-corrected chi connectivity index (χ0v) is 12.8. The van der Waals surface area contributed by atoms with Crippen LogP contribution in [0.5, 0.6) is 0 Å². The van der Waals surface area contributed by atoms with Crippen molar-refractivity contribution in [1.82, 2.24) is 19.3 Å². The van der Waals surface area contributed by atoms with Gasteiger partial charge >= 0.3 is 0 Å². The second-order valence-corrected chi connectivity index (χ2v) is 6.53. The van der Waals surface area contributed by atoms with Crippen molar-refractivity contribution in [2.75, 3.05) is 36.0 Å². The average Bonchev–Trinajstić information content (AvgIpc) is 3.27. The third kappa shape index (κ3) is 2.62. The Hall–Kier alpha value is -1.63. The van der Waals surface area contributed by atoms with Crippen molar-refractivity contribution in [3.63, 3.8) is 0 Å². The molecule has 1 aliphatic heterocycles. The summed E-state index contributed by atoms with van der Waals surface area (Å²) >= 11 is 1.56.